The van der Waals surface area contributed by atoms with E-state index in [4.69, 9.17) is 11.6 Å². The summed E-state index contributed by atoms with van der Waals surface area (Å²) >= 11 is 5.96. The number of halogens is 3. The van der Waals surface area contributed by atoms with E-state index >= 15 is 0 Å². The fraction of sp³-hybridized carbons (Fsp3) is 0.611. The number of carbonyl (C=O) groups excluding carboxylic acids is 1. The van der Waals surface area contributed by atoms with E-state index in [0.717, 1.165) is 44.2 Å². The van der Waals surface area contributed by atoms with E-state index in [1.165, 1.54) is 12.0 Å². The number of amides is 1. The molecule has 0 saturated carbocycles. The molecule has 0 aliphatic carbocycles. The van der Waals surface area contributed by atoms with Crippen LogP contribution >= 0.6 is 36.4 Å². The van der Waals surface area contributed by atoms with Gasteiger partial charge in [0.25, 0.3) is 0 Å². The summed E-state index contributed by atoms with van der Waals surface area (Å²) in [6.45, 7) is 6.84. The summed E-state index contributed by atoms with van der Waals surface area (Å²) < 4.78 is 0. The topological polar surface area (TPSA) is 35.6 Å². The van der Waals surface area contributed by atoms with Crippen LogP contribution in [0.15, 0.2) is 24.3 Å². The van der Waals surface area contributed by atoms with Crippen molar-refractivity contribution in [2.24, 2.45) is 0 Å². The normalized spacial score (nSPS) is 22.0. The predicted molar refractivity (Wildman–Crippen MR) is 108 cm³/mol. The van der Waals surface area contributed by atoms with Crippen LogP contribution in [0.2, 0.25) is 5.02 Å². The average Bonchev–Trinajstić information content (AvgIpc) is 3.08. The summed E-state index contributed by atoms with van der Waals surface area (Å²) in [5.74, 6) is 0.309. The third kappa shape index (κ3) is 6.00. The van der Waals surface area contributed by atoms with Crippen molar-refractivity contribution < 1.29 is 4.79 Å². The van der Waals surface area contributed by atoms with E-state index in [2.05, 4.69) is 29.3 Å². The molecular formula is C18H28Cl3N3O. The van der Waals surface area contributed by atoms with E-state index < -0.39 is 0 Å². The Hall–Kier alpha value is -0.520. The molecule has 2 heterocycles. The van der Waals surface area contributed by atoms with Gasteiger partial charge in [-0.3, -0.25) is 9.69 Å². The highest BCUT2D eigenvalue weighted by Gasteiger charge is 2.26. The van der Waals surface area contributed by atoms with Gasteiger partial charge in [-0.05, 0) is 44.0 Å². The standard InChI is InChI=1S/C18H26ClN3O.2ClH/c1-14(15-4-6-16(19)7-5-15)21-9-11-22(12-10-21)18(23)13-17-3-2-8-20-17;;/h4-7,14,17,20H,2-3,8-13H2,1H3;2*1H. The van der Waals surface area contributed by atoms with Crippen molar-refractivity contribution in [2.75, 3.05) is 32.7 Å². The molecule has 1 aromatic rings. The smallest absolute Gasteiger partial charge is 0.224 e. The highest BCUT2D eigenvalue weighted by atomic mass is 35.5. The maximum absolute atomic E-state index is 12.4. The zero-order chi connectivity index (χ0) is 16.2. The third-order valence-electron chi connectivity index (χ3n) is 5.15. The molecule has 3 rings (SSSR count). The van der Waals surface area contributed by atoms with Crippen molar-refractivity contribution in [3.63, 3.8) is 0 Å². The quantitative estimate of drug-likeness (QED) is 0.828. The zero-order valence-corrected chi connectivity index (χ0v) is 17.0. The van der Waals surface area contributed by atoms with Crippen LogP contribution in [0.25, 0.3) is 0 Å². The van der Waals surface area contributed by atoms with E-state index in [0.29, 0.717) is 24.4 Å². The van der Waals surface area contributed by atoms with Crippen LogP contribution < -0.4 is 5.32 Å². The van der Waals surface area contributed by atoms with E-state index in [1.54, 1.807) is 0 Å². The number of carbonyl (C=O) groups is 1. The Labute approximate surface area is 168 Å². The summed E-state index contributed by atoms with van der Waals surface area (Å²) in [6.07, 6.45) is 3.00. The fourth-order valence-corrected chi connectivity index (χ4v) is 3.71. The molecule has 2 aliphatic heterocycles. The molecule has 0 bridgehead atoms. The lowest BCUT2D eigenvalue weighted by Gasteiger charge is -2.38. The van der Waals surface area contributed by atoms with Crippen molar-refractivity contribution in [2.45, 2.75) is 38.3 Å². The van der Waals surface area contributed by atoms with Gasteiger partial charge >= 0.3 is 0 Å². The molecule has 1 aromatic carbocycles. The Bertz CT molecular complexity index is 527. The van der Waals surface area contributed by atoms with Gasteiger partial charge in [-0.2, -0.15) is 0 Å². The Kier molecular flexibility index (Phi) is 9.54. The van der Waals surface area contributed by atoms with Crippen molar-refractivity contribution in [1.82, 2.24) is 15.1 Å². The highest BCUT2D eigenvalue weighted by Crippen LogP contribution is 2.23. The molecule has 2 fully saturated rings. The van der Waals surface area contributed by atoms with E-state index in [9.17, 15) is 4.79 Å². The SMILES string of the molecule is CC(c1ccc(Cl)cc1)N1CCN(C(=O)CC2CCCN2)CC1.Cl.Cl. The Morgan fingerprint density at radius 1 is 1.20 bits per heavy atom. The monoisotopic (exact) mass is 407 g/mol. The number of hydrogen-bond donors (Lipinski definition) is 1. The van der Waals surface area contributed by atoms with Gasteiger partial charge in [-0.15, -0.1) is 24.8 Å². The number of rotatable bonds is 4. The molecule has 1 amide bonds. The Morgan fingerprint density at radius 2 is 1.84 bits per heavy atom. The molecule has 0 spiro atoms. The second-order valence-electron chi connectivity index (χ2n) is 6.64. The minimum Gasteiger partial charge on any atom is -0.340 e. The summed E-state index contributed by atoms with van der Waals surface area (Å²) in [5, 5.41) is 4.19. The summed E-state index contributed by atoms with van der Waals surface area (Å²) in [7, 11) is 0. The summed E-state index contributed by atoms with van der Waals surface area (Å²) in [4.78, 5) is 16.9. The lowest BCUT2D eigenvalue weighted by atomic mass is 10.1. The molecule has 142 valence electrons. The molecule has 0 radical (unpaired) electrons. The number of hydrogen-bond acceptors (Lipinski definition) is 3. The number of nitrogens with one attached hydrogen (secondary N) is 1. The molecule has 7 heteroatoms. The van der Waals surface area contributed by atoms with Gasteiger partial charge in [-0.1, -0.05) is 23.7 Å². The van der Waals surface area contributed by atoms with Gasteiger partial charge in [0.2, 0.25) is 5.91 Å². The highest BCUT2D eigenvalue weighted by molar-refractivity contribution is 6.30. The molecule has 2 atom stereocenters. The minimum atomic E-state index is 0. The van der Waals surface area contributed by atoms with Gasteiger partial charge in [-0.25, -0.2) is 0 Å². The lowest BCUT2D eigenvalue weighted by molar-refractivity contribution is -0.133. The maximum atomic E-state index is 12.4. The number of piperazine rings is 1. The van der Waals surface area contributed by atoms with Crippen molar-refractivity contribution >= 4 is 42.3 Å². The number of nitrogens with zero attached hydrogens (tertiary/aromatic N) is 2. The first-order valence-electron chi connectivity index (χ1n) is 8.64. The number of benzene rings is 1. The molecule has 2 aliphatic rings. The van der Waals surface area contributed by atoms with Crippen LogP contribution in [-0.4, -0.2) is 54.5 Å². The maximum Gasteiger partial charge on any atom is 0.224 e. The largest absolute Gasteiger partial charge is 0.340 e. The summed E-state index contributed by atoms with van der Waals surface area (Å²) in [6, 6.07) is 8.84. The third-order valence-corrected chi connectivity index (χ3v) is 5.40. The Balaban J connectivity index is 0.00000156. The fourth-order valence-electron chi connectivity index (χ4n) is 3.58. The van der Waals surface area contributed by atoms with Crippen LogP contribution in [0.3, 0.4) is 0 Å². The molecule has 0 aromatic heterocycles. The second kappa shape index (κ2) is 10.6. The Morgan fingerprint density at radius 3 is 2.40 bits per heavy atom. The predicted octanol–water partition coefficient (Wildman–Crippen LogP) is 3.53. The van der Waals surface area contributed by atoms with Gasteiger partial charge in [0.15, 0.2) is 0 Å². The molecule has 4 nitrogen and oxygen atoms in total. The first-order chi connectivity index (χ1) is 11.1. The van der Waals surface area contributed by atoms with Crippen LogP contribution in [-0.2, 0) is 4.79 Å². The van der Waals surface area contributed by atoms with E-state index in [-0.39, 0.29) is 24.8 Å². The van der Waals surface area contributed by atoms with Crippen molar-refractivity contribution in [3.05, 3.63) is 34.9 Å². The van der Waals surface area contributed by atoms with Crippen molar-refractivity contribution in [3.8, 4) is 0 Å². The van der Waals surface area contributed by atoms with Gasteiger partial charge in [0, 0.05) is 49.7 Å². The molecule has 25 heavy (non-hydrogen) atoms. The molecular weight excluding hydrogens is 381 g/mol. The zero-order valence-electron chi connectivity index (χ0n) is 14.6. The first kappa shape index (κ1) is 22.5. The first-order valence-corrected chi connectivity index (χ1v) is 9.02. The minimum absolute atomic E-state index is 0. The average molecular weight is 409 g/mol. The lowest BCUT2D eigenvalue weighted by Crippen LogP contribution is -2.50. The second-order valence-corrected chi connectivity index (χ2v) is 7.08. The van der Waals surface area contributed by atoms with Crippen LogP contribution in [0, 0.1) is 0 Å². The van der Waals surface area contributed by atoms with Gasteiger partial charge in [0.05, 0.1) is 0 Å². The van der Waals surface area contributed by atoms with Crippen LogP contribution in [0.1, 0.15) is 37.8 Å². The van der Waals surface area contributed by atoms with Crippen molar-refractivity contribution in [1.29, 1.82) is 0 Å². The van der Waals surface area contributed by atoms with Gasteiger partial charge in [0.1, 0.15) is 0 Å². The van der Waals surface area contributed by atoms with Crippen LogP contribution in [0.4, 0.5) is 0 Å². The van der Waals surface area contributed by atoms with Gasteiger partial charge < -0.3 is 10.2 Å². The van der Waals surface area contributed by atoms with Crippen LogP contribution in [0.5, 0.6) is 0 Å². The summed E-state index contributed by atoms with van der Waals surface area (Å²) in [5.41, 5.74) is 1.28. The molecule has 2 unspecified atom stereocenters. The van der Waals surface area contributed by atoms with E-state index in [1.807, 2.05) is 17.0 Å². The molecule has 2 saturated heterocycles. The molecule has 1 N–H and O–H groups in total.